The van der Waals surface area contributed by atoms with E-state index in [1.807, 2.05) is 18.3 Å². The topological polar surface area (TPSA) is 72.2 Å². The summed E-state index contributed by atoms with van der Waals surface area (Å²) in [6.07, 6.45) is 7.10. The van der Waals surface area contributed by atoms with Gasteiger partial charge in [-0.25, -0.2) is 4.79 Å². The average molecular weight is 562 g/mol. The van der Waals surface area contributed by atoms with Gasteiger partial charge in [0.05, 0.1) is 0 Å². The van der Waals surface area contributed by atoms with Crippen LogP contribution in [-0.4, -0.2) is 48.6 Å². The van der Waals surface area contributed by atoms with E-state index >= 15 is 0 Å². The van der Waals surface area contributed by atoms with Crippen LogP contribution >= 0.6 is 0 Å². The van der Waals surface area contributed by atoms with E-state index in [2.05, 4.69) is 105 Å². The van der Waals surface area contributed by atoms with Gasteiger partial charge in [-0.15, -0.1) is 0 Å². The van der Waals surface area contributed by atoms with Crippen molar-refractivity contribution in [3.8, 4) is 0 Å². The molecule has 6 heteroatoms. The van der Waals surface area contributed by atoms with Crippen molar-refractivity contribution >= 4 is 28.3 Å². The van der Waals surface area contributed by atoms with E-state index in [9.17, 15) is 4.79 Å². The third-order valence-electron chi connectivity index (χ3n) is 6.75. The number of carbonyl (C=O) groups excluding carboxylic acids is 1. The zero-order valence-corrected chi connectivity index (χ0v) is 26.8. The summed E-state index contributed by atoms with van der Waals surface area (Å²) in [4.78, 5) is 18.5. The quantitative estimate of drug-likeness (QED) is 0.214. The molecule has 0 unspecified atom stereocenters. The highest BCUT2D eigenvalue weighted by molar-refractivity contribution is 5.91. The molecule has 0 radical (unpaired) electrons. The van der Waals surface area contributed by atoms with Crippen LogP contribution in [0.15, 0.2) is 49.2 Å². The van der Waals surface area contributed by atoms with E-state index in [1.165, 1.54) is 34.9 Å². The fraction of sp³-hybridized carbons (Fsp3) is 0.514. The first-order chi connectivity index (χ1) is 19.8. The number of fused-ring (bicyclic) bond motifs is 1. The first-order valence-corrected chi connectivity index (χ1v) is 15.7. The van der Waals surface area contributed by atoms with E-state index in [-0.39, 0.29) is 6.03 Å². The standard InChI is InChI=1S/C29H39N5O.2C3H8/c1-5-22-18-28(24(16-20(2)3)17-26(22)21(4)34-14-12-30-13-15-34)33-29(35)31-11-10-23-19-32-27-9-7-6-8-25(23)27;2*1-3-2/h6-9,17-20,30,32H,4-5,10-16H2,1-3H3,(H2,31,33,35);2*3H2,1-2H3. The Morgan fingerprint density at radius 2 is 1.63 bits per heavy atom. The first kappa shape index (κ1) is 34.0. The summed E-state index contributed by atoms with van der Waals surface area (Å²) in [6.45, 7) is 24.0. The molecule has 1 aliphatic rings. The molecule has 3 aromatic rings. The van der Waals surface area contributed by atoms with Crippen LogP contribution in [0.3, 0.4) is 0 Å². The van der Waals surface area contributed by atoms with Crippen LogP contribution in [-0.2, 0) is 19.3 Å². The molecule has 0 saturated carbocycles. The van der Waals surface area contributed by atoms with E-state index < -0.39 is 0 Å². The number of aryl methyl sites for hydroxylation is 1. The number of rotatable bonds is 9. The molecule has 0 atom stereocenters. The number of anilines is 1. The highest BCUT2D eigenvalue weighted by atomic mass is 16.2. The Bertz CT molecular complexity index is 1200. The lowest BCUT2D eigenvalue weighted by Gasteiger charge is -2.32. The first-order valence-electron chi connectivity index (χ1n) is 15.7. The van der Waals surface area contributed by atoms with Crippen molar-refractivity contribution in [3.63, 3.8) is 0 Å². The number of hydrogen-bond acceptors (Lipinski definition) is 3. The lowest BCUT2D eigenvalue weighted by Crippen LogP contribution is -2.42. The van der Waals surface area contributed by atoms with Gasteiger partial charge in [-0.1, -0.05) is 86.1 Å². The molecule has 1 fully saturated rings. The number of urea groups is 1. The minimum Gasteiger partial charge on any atom is -0.369 e. The number of amides is 2. The van der Waals surface area contributed by atoms with Crippen molar-refractivity contribution in [1.82, 2.24) is 20.5 Å². The van der Waals surface area contributed by atoms with Crippen LogP contribution in [0.1, 0.15) is 83.6 Å². The largest absolute Gasteiger partial charge is 0.369 e. The van der Waals surface area contributed by atoms with Gasteiger partial charge in [0.2, 0.25) is 0 Å². The number of aromatic nitrogens is 1. The number of H-pyrrole nitrogens is 1. The molecule has 4 rings (SSSR count). The second kappa shape index (κ2) is 18.2. The smallest absolute Gasteiger partial charge is 0.319 e. The number of hydrogen-bond donors (Lipinski definition) is 4. The van der Waals surface area contributed by atoms with Gasteiger partial charge < -0.3 is 25.8 Å². The van der Waals surface area contributed by atoms with E-state index in [0.29, 0.717) is 12.5 Å². The molecule has 1 saturated heterocycles. The summed E-state index contributed by atoms with van der Waals surface area (Å²) in [5.41, 5.74) is 7.91. The van der Waals surface area contributed by atoms with E-state index in [4.69, 9.17) is 0 Å². The summed E-state index contributed by atoms with van der Waals surface area (Å²) in [6, 6.07) is 12.5. The van der Waals surface area contributed by atoms with Gasteiger partial charge in [0, 0.05) is 66.8 Å². The number of aromatic amines is 1. The fourth-order valence-electron chi connectivity index (χ4n) is 4.90. The number of carbonyl (C=O) groups is 1. The fourth-order valence-corrected chi connectivity index (χ4v) is 4.90. The van der Waals surface area contributed by atoms with Crippen LogP contribution in [0.5, 0.6) is 0 Å². The number of piperazine rings is 1. The van der Waals surface area contributed by atoms with Gasteiger partial charge in [0.15, 0.2) is 0 Å². The molecule has 1 aromatic heterocycles. The third-order valence-corrected chi connectivity index (χ3v) is 6.75. The van der Waals surface area contributed by atoms with Crippen LogP contribution < -0.4 is 16.0 Å². The predicted octanol–water partition coefficient (Wildman–Crippen LogP) is 8.00. The Kier molecular flexibility index (Phi) is 15.1. The minimum atomic E-state index is -0.161. The number of nitrogens with zero attached hydrogens (tertiary/aromatic N) is 1. The molecule has 2 heterocycles. The van der Waals surface area contributed by atoms with Gasteiger partial charge in [-0.2, -0.15) is 0 Å². The van der Waals surface area contributed by atoms with Crippen molar-refractivity contribution in [3.05, 3.63) is 71.4 Å². The summed E-state index contributed by atoms with van der Waals surface area (Å²) in [5, 5.41) is 10.8. The number of nitrogens with one attached hydrogen (secondary N) is 4. The van der Waals surface area contributed by atoms with Crippen molar-refractivity contribution in [2.24, 2.45) is 5.92 Å². The minimum absolute atomic E-state index is 0.161. The summed E-state index contributed by atoms with van der Waals surface area (Å²) in [5.74, 6) is 0.480. The molecule has 0 spiro atoms. The second-order valence-corrected chi connectivity index (χ2v) is 11.2. The van der Waals surface area contributed by atoms with E-state index in [0.717, 1.165) is 67.9 Å². The molecule has 41 heavy (non-hydrogen) atoms. The maximum Gasteiger partial charge on any atom is 0.319 e. The van der Waals surface area contributed by atoms with Crippen molar-refractivity contribution in [2.75, 3.05) is 38.0 Å². The zero-order valence-electron chi connectivity index (χ0n) is 26.8. The molecule has 1 aliphatic heterocycles. The molecule has 6 nitrogen and oxygen atoms in total. The van der Waals surface area contributed by atoms with Gasteiger partial charge in [-0.3, -0.25) is 0 Å². The predicted molar refractivity (Wildman–Crippen MR) is 179 cm³/mol. The lowest BCUT2D eigenvalue weighted by atomic mass is 9.93. The van der Waals surface area contributed by atoms with Gasteiger partial charge in [0.25, 0.3) is 0 Å². The maximum absolute atomic E-state index is 12.8. The second-order valence-electron chi connectivity index (χ2n) is 11.2. The van der Waals surface area contributed by atoms with E-state index in [1.54, 1.807) is 0 Å². The summed E-state index contributed by atoms with van der Waals surface area (Å²) < 4.78 is 0. The number of benzene rings is 2. The normalized spacial score (nSPS) is 12.7. The van der Waals surface area contributed by atoms with Gasteiger partial charge in [-0.05, 0) is 60.1 Å². The highest BCUT2D eigenvalue weighted by Crippen LogP contribution is 2.30. The van der Waals surface area contributed by atoms with Crippen molar-refractivity contribution < 1.29 is 4.79 Å². The molecule has 0 aliphatic carbocycles. The highest BCUT2D eigenvalue weighted by Gasteiger charge is 2.19. The third kappa shape index (κ3) is 10.6. The van der Waals surface area contributed by atoms with Crippen LogP contribution in [0.2, 0.25) is 0 Å². The SMILES string of the molecule is C=C(c1cc(CC(C)C)c(NC(=O)NCCc2c[nH]c3ccccc23)cc1CC)N1CCNCC1.CCC.CCC. The monoisotopic (exact) mass is 561 g/mol. The Labute approximate surface area is 249 Å². The Morgan fingerprint density at radius 1 is 0.976 bits per heavy atom. The maximum atomic E-state index is 12.8. The molecular formula is C35H55N5O. The Hall–Kier alpha value is -3.25. The molecule has 2 amide bonds. The lowest BCUT2D eigenvalue weighted by molar-refractivity contribution is 0.252. The molecular weight excluding hydrogens is 506 g/mol. The van der Waals surface area contributed by atoms with Gasteiger partial charge in [0.1, 0.15) is 0 Å². The van der Waals surface area contributed by atoms with Crippen LogP contribution in [0.25, 0.3) is 16.6 Å². The summed E-state index contributed by atoms with van der Waals surface area (Å²) >= 11 is 0. The Balaban J connectivity index is 0.000000901. The Morgan fingerprint density at radius 3 is 2.27 bits per heavy atom. The molecule has 2 aromatic carbocycles. The average Bonchev–Trinajstić information content (AvgIpc) is 3.37. The zero-order chi connectivity index (χ0) is 30.2. The molecule has 0 bridgehead atoms. The summed E-state index contributed by atoms with van der Waals surface area (Å²) in [7, 11) is 0. The number of para-hydroxylation sites is 1. The van der Waals surface area contributed by atoms with Crippen molar-refractivity contribution in [1.29, 1.82) is 0 Å². The van der Waals surface area contributed by atoms with Crippen LogP contribution in [0, 0.1) is 5.92 Å². The van der Waals surface area contributed by atoms with Crippen LogP contribution in [0.4, 0.5) is 10.5 Å². The molecule has 4 N–H and O–H groups in total. The van der Waals surface area contributed by atoms with Gasteiger partial charge >= 0.3 is 6.03 Å². The molecule has 226 valence electrons. The van der Waals surface area contributed by atoms with Crippen molar-refractivity contribution in [2.45, 2.75) is 80.6 Å².